The third-order valence-corrected chi connectivity index (χ3v) is 12.7. The number of unbranched alkanes of at least 4 members (excludes halogenated alkanes) is 26. The second-order valence-corrected chi connectivity index (χ2v) is 18.9. The number of hydrogen-bond acceptors (Lipinski definition) is 9. The SMILES string of the molecule is CCCCCCCCCCCCCCCCCCN(C(=O)CCCCCCCCCCC)[C@]1(N)O[C@H](CO)[C@@H](O)[C@H](O)[C@H]1C(=O)[C@H](CC(C)C)NC(=O)CCCCCCC(=O)O. The van der Waals surface area contributed by atoms with Crippen molar-refractivity contribution in [1.82, 2.24) is 10.2 Å². The van der Waals surface area contributed by atoms with Gasteiger partial charge in [-0.1, -0.05) is 188 Å². The average molecular weight is 882 g/mol. The number of nitrogens with one attached hydrogen (secondary N) is 1. The molecule has 0 aromatic heterocycles. The van der Waals surface area contributed by atoms with Gasteiger partial charge in [0.2, 0.25) is 17.7 Å². The highest BCUT2D eigenvalue weighted by Gasteiger charge is 2.59. The van der Waals surface area contributed by atoms with Crippen molar-refractivity contribution in [2.75, 3.05) is 13.2 Å². The molecule has 0 aromatic rings. The predicted octanol–water partition coefficient (Wildman–Crippen LogP) is 9.86. The molecule has 1 aliphatic rings. The van der Waals surface area contributed by atoms with E-state index < -0.39 is 54.5 Å². The van der Waals surface area contributed by atoms with Crippen LogP contribution in [0.3, 0.4) is 0 Å². The first-order valence-electron chi connectivity index (χ1n) is 25.6. The molecule has 0 bridgehead atoms. The monoisotopic (exact) mass is 882 g/mol. The van der Waals surface area contributed by atoms with Crippen LogP contribution in [0.2, 0.25) is 0 Å². The smallest absolute Gasteiger partial charge is 0.303 e. The minimum absolute atomic E-state index is 0.0429. The van der Waals surface area contributed by atoms with E-state index in [0.29, 0.717) is 38.5 Å². The molecule has 0 radical (unpaired) electrons. The second-order valence-electron chi connectivity index (χ2n) is 18.9. The van der Waals surface area contributed by atoms with Gasteiger partial charge in [-0.3, -0.25) is 24.9 Å². The number of aliphatic hydroxyl groups excluding tert-OH is 3. The minimum atomic E-state index is -2.18. The molecule has 2 amide bonds. The van der Waals surface area contributed by atoms with Crippen LogP contribution < -0.4 is 11.1 Å². The average Bonchev–Trinajstić information content (AvgIpc) is 3.23. The molecule has 1 heterocycles. The van der Waals surface area contributed by atoms with Gasteiger partial charge in [-0.05, 0) is 38.0 Å². The van der Waals surface area contributed by atoms with E-state index in [9.17, 15) is 34.5 Å². The van der Waals surface area contributed by atoms with Crippen molar-refractivity contribution >= 4 is 23.6 Å². The number of carbonyl (C=O) groups excluding carboxylic acids is 3. The quantitative estimate of drug-likeness (QED) is 0.0254. The van der Waals surface area contributed by atoms with Crippen molar-refractivity contribution in [2.45, 2.75) is 270 Å². The molecule has 0 aliphatic carbocycles. The third kappa shape index (κ3) is 24.8. The van der Waals surface area contributed by atoms with Crippen molar-refractivity contribution in [3.8, 4) is 0 Å². The Kier molecular flexibility index (Phi) is 33.7. The normalized spacial score (nSPS) is 20.7. The van der Waals surface area contributed by atoms with Crippen LogP contribution in [0.4, 0.5) is 0 Å². The number of ether oxygens (including phenoxy) is 1. The number of rotatable bonds is 41. The van der Waals surface area contributed by atoms with Gasteiger partial charge in [0.05, 0.1) is 18.8 Å². The predicted molar refractivity (Wildman–Crippen MR) is 249 cm³/mol. The van der Waals surface area contributed by atoms with Crippen LogP contribution in [0.25, 0.3) is 0 Å². The number of carboxylic acids is 1. The molecule has 7 N–H and O–H groups in total. The molecule has 12 heteroatoms. The summed E-state index contributed by atoms with van der Waals surface area (Å²) in [6, 6.07) is -1.08. The molecule has 0 spiro atoms. The summed E-state index contributed by atoms with van der Waals surface area (Å²) in [5.41, 5.74) is 7.12. The van der Waals surface area contributed by atoms with Gasteiger partial charge in [-0.15, -0.1) is 0 Å². The minimum Gasteiger partial charge on any atom is -0.481 e. The molecule has 0 aromatic carbocycles. The lowest BCUT2D eigenvalue weighted by Crippen LogP contribution is -2.76. The van der Waals surface area contributed by atoms with E-state index in [1.54, 1.807) is 0 Å². The Morgan fingerprint density at radius 2 is 1.02 bits per heavy atom. The Balaban J connectivity index is 3.08. The summed E-state index contributed by atoms with van der Waals surface area (Å²) in [7, 11) is 0. The Labute approximate surface area is 377 Å². The summed E-state index contributed by atoms with van der Waals surface area (Å²) in [5.74, 6) is -5.98. The first-order valence-corrected chi connectivity index (χ1v) is 25.6. The number of aliphatic carboxylic acids is 1. The fourth-order valence-electron chi connectivity index (χ4n) is 8.95. The number of carbonyl (C=O) groups is 4. The highest BCUT2D eigenvalue weighted by molar-refractivity contribution is 5.92. The van der Waals surface area contributed by atoms with Crippen LogP contribution in [0.5, 0.6) is 0 Å². The van der Waals surface area contributed by atoms with Crippen LogP contribution in [0, 0.1) is 11.8 Å². The summed E-state index contributed by atoms with van der Waals surface area (Å²) in [5, 5.41) is 44.8. The fourth-order valence-corrected chi connectivity index (χ4v) is 8.95. The molecule has 6 atom stereocenters. The molecule has 1 fully saturated rings. The Morgan fingerprint density at radius 3 is 1.44 bits per heavy atom. The van der Waals surface area contributed by atoms with Crippen LogP contribution in [0.1, 0.15) is 240 Å². The number of ketones is 1. The van der Waals surface area contributed by atoms with E-state index in [4.69, 9.17) is 15.6 Å². The standard InChI is InChI=1S/C50H95N3O9/c1-5-7-9-11-13-15-16-17-18-19-20-21-23-25-29-33-37-53(44(56)35-31-26-24-22-14-12-10-8-6-2)50(51)46(49(61)48(60)42(39-54)62-50)47(59)41(38-40(3)4)52-43(55)34-30-27-28-32-36-45(57)58/h40-42,46,48-49,54,60-61H,5-39,51H2,1-4H3,(H,52,55)(H,57,58)/t41-,42+,46+,48+,49+,50-/m0/s1. The number of nitrogens with zero attached hydrogens (tertiary/aromatic N) is 1. The van der Waals surface area contributed by atoms with E-state index in [2.05, 4.69) is 19.2 Å². The van der Waals surface area contributed by atoms with E-state index in [1.165, 1.54) is 108 Å². The summed E-state index contributed by atoms with van der Waals surface area (Å²) >= 11 is 0. The number of aliphatic hydroxyl groups is 3. The lowest BCUT2D eigenvalue weighted by atomic mass is 9.79. The molecule has 1 rings (SSSR count). The Bertz CT molecular complexity index is 1170. The zero-order valence-corrected chi connectivity index (χ0v) is 40.1. The number of Topliss-reactive ketones (excluding diaryl/α,β-unsaturated/α-hetero) is 1. The van der Waals surface area contributed by atoms with Gasteiger partial charge in [0.1, 0.15) is 18.1 Å². The van der Waals surface area contributed by atoms with E-state index in [0.717, 1.165) is 44.9 Å². The zero-order chi connectivity index (χ0) is 46.0. The van der Waals surface area contributed by atoms with E-state index in [-0.39, 0.29) is 50.0 Å². The van der Waals surface area contributed by atoms with Crippen LogP contribution in [-0.2, 0) is 23.9 Å². The van der Waals surface area contributed by atoms with Gasteiger partial charge >= 0.3 is 5.97 Å². The van der Waals surface area contributed by atoms with Crippen molar-refractivity contribution in [2.24, 2.45) is 17.6 Å². The highest BCUT2D eigenvalue weighted by Crippen LogP contribution is 2.37. The first-order chi connectivity index (χ1) is 29.8. The second kappa shape index (κ2) is 36.1. The lowest BCUT2D eigenvalue weighted by molar-refractivity contribution is -0.292. The van der Waals surface area contributed by atoms with Crippen molar-refractivity contribution in [1.29, 1.82) is 0 Å². The maximum absolute atomic E-state index is 14.7. The van der Waals surface area contributed by atoms with Crippen LogP contribution >= 0.6 is 0 Å². The van der Waals surface area contributed by atoms with Gasteiger partial charge < -0.3 is 35.4 Å². The zero-order valence-electron chi connectivity index (χ0n) is 40.1. The maximum Gasteiger partial charge on any atom is 0.303 e. The first kappa shape index (κ1) is 57.9. The molecule has 0 unspecified atom stereocenters. The summed E-state index contributed by atoms with van der Waals surface area (Å²) < 4.78 is 6.22. The van der Waals surface area contributed by atoms with E-state index >= 15 is 0 Å². The fraction of sp³-hybridized carbons (Fsp3) is 0.920. The van der Waals surface area contributed by atoms with Gasteiger partial charge in [-0.2, -0.15) is 0 Å². The van der Waals surface area contributed by atoms with Crippen molar-refractivity contribution < 1.29 is 44.3 Å². The van der Waals surface area contributed by atoms with Gasteiger partial charge in [-0.25, -0.2) is 0 Å². The Morgan fingerprint density at radius 1 is 0.613 bits per heavy atom. The number of carboxylic acid groups (broad SMARTS) is 1. The summed E-state index contributed by atoms with van der Waals surface area (Å²) in [6.07, 6.45) is 27.1. The molecule has 0 saturated carbocycles. The molecule has 12 nitrogen and oxygen atoms in total. The topological polar surface area (TPSA) is 200 Å². The maximum atomic E-state index is 14.7. The van der Waals surface area contributed by atoms with Gasteiger partial charge in [0.25, 0.3) is 0 Å². The molecular formula is C50H95N3O9. The van der Waals surface area contributed by atoms with Crippen molar-refractivity contribution in [3.05, 3.63) is 0 Å². The molecular weight excluding hydrogens is 787 g/mol. The molecule has 1 aliphatic heterocycles. The summed E-state index contributed by atoms with van der Waals surface area (Å²) in [4.78, 5) is 54.4. The number of amides is 2. The Hall–Kier alpha value is -2.12. The van der Waals surface area contributed by atoms with Crippen LogP contribution in [-0.4, -0.2) is 92.2 Å². The largest absolute Gasteiger partial charge is 0.481 e. The van der Waals surface area contributed by atoms with Crippen LogP contribution in [0.15, 0.2) is 0 Å². The van der Waals surface area contributed by atoms with Gasteiger partial charge in [0, 0.05) is 25.8 Å². The number of hydrogen-bond donors (Lipinski definition) is 6. The van der Waals surface area contributed by atoms with Gasteiger partial charge in [0.15, 0.2) is 5.78 Å². The summed E-state index contributed by atoms with van der Waals surface area (Å²) in [6.45, 7) is 7.77. The number of nitrogens with two attached hydrogens (primary N) is 1. The lowest BCUT2D eigenvalue weighted by Gasteiger charge is -2.53. The third-order valence-electron chi connectivity index (χ3n) is 12.7. The van der Waals surface area contributed by atoms with Crippen molar-refractivity contribution in [3.63, 3.8) is 0 Å². The molecule has 364 valence electrons. The van der Waals surface area contributed by atoms with E-state index in [1.807, 2.05) is 13.8 Å². The molecule has 62 heavy (non-hydrogen) atoms. The highest BCUT2D eigenvalue weighted by atomic mass is 16.6. The molecule has 1 saturated heterocycles.